The van der Waals surface area contributed by atoms with Crippen molar-refractivity contribution in [2.45, 2.75) is 33.2 Å². The van der Waals surface area contributed by atoms with Gasteiger partial charge >= 0.3 is 0 Å². The van der Waals surface area contributed by atoms with Crippen molar-refractivity contribution in [3.8, 4) is 11.3 Å². The number of amides is 1. The molecule has 0 saturated heterocycles. The SMILES string of the molecule is CC[C@@H](NC(=O)c1cc(-c2cncnc2)nc2c(C)c(C)ccc12)c1ncnn1C. The molecule has 0 spiro atoms. The van der Waals surface area contributed by atoms with Gasteiger partial charge in [-0.3, -0.25) is 9.48 Å². The van der Waals surface area contributed by atoms with Crippen LogP contribution in [0.25, 0.3) is 22.2 Å². The summed E-state index contributed by atoms with van der Waals surface area (Å²) in [6.45, 7) is 6.06. The van der Waals surface area contributed by atoms with Gasteiger partial charge in [0.1, 0.15) is 18.5 Å². The Bertz CT molecular complexity index is 1220. The van der Waals surface area contributed by atoms with E-state index in [9.17, 15) is 4.79 Å². The van der Waals surface area contributed by atoms with E-state index in [0.717, 1.165) is 27.6 Å². The molecule has 3 heterocycles. The maximum atomic E-state index is 13.4. The number of hydrogen-bond donors (Lipinski definition) is 1. The fraction of sp³-hybridized carbons (Fsp3) is 0.273. The fourth-order valence-corrected chi connectivity index (χ4v) is 3.50. The van der Waals surface area contributed by atoms with Crippen molar-refractivity contribution in [2.75, 3.05) is 0 Å². The third kappa shape index (κ3) is 3.52. The zero-order valence-electron chi connectivity index (χ0n) is 17.4. The number of carbonyl (C=O) groups excluding carboxylic acids is 1. The summed E-state index contributed by atoms with van der Waals surface area (Å²) in [5.41, 5.74) is 4.94. The second-order valence-electron chi connectivity index (χ2n) is 7.26. The lowest BCUT2D eigenvalue weighted by molar-refractivity contribution is 0.0934. The van der Waals surface area contributed by atoms with Gasteiger partial charge in [-0.2, -0.15) is 5.10 Å². The summed E-state index contributed by atoms with van der Waals surface area (Å²) in [5, 5.41) is 8.04. The first kappa shape index (κ1) is 19.6. The molecule has 0 aliphatic rings. The van der Waals surface area contributed by atoms with Crippen LogP contribution in [-0.2, 0) is 7.05 Å². The number of carbonyl (C=O) groups is 1. The lowest BCUT2D eigenvalue weighted by atomic mass is 9.99. The first-order valence-corrected chi connectivity index (χ1v) is 9.80. The van der Waals surface area contributed by atoms with E-state index in [0.29, 0.717) is 23.5 Å². The van der Waals surface area contributed by atoms with Crippen molar-refractivity contribution in [3.63, 3.8) is 0 Å². The first-order chi connectivity index (χ1) is 14.5. The Balaban J connectivity index is 1.83. The Morgan fingerprint density at radius 3 is 2.60 bits per heavy atom. The Morgan fingerprint density at radius 1 is 1.17 bits per heavy atom. The van der Waals surface area contributed by atoms with Crippen LogP contribution in [0.1, 0.15) is 46.7 Å². The van der Waals surface area contributed by atoms with Crippen LogP contribution < -0.4 is 5.32 Å². The maximum Gasteiger partial charge on any atom is 0.252 e. The summed E-state index contributed by atoms with van der Waals surface area (Å²) < 4.78 is 1.68. The number of aromatic nitrogens is 6. The third-order valence-corrected chi connectivity index (χ3v) is 5.38. The van der Waals surface area contributed by atoms with Crippen LogP contribution in [0.4, 0.5) is 0 Å². The number of benzene rings is 1. The minimum atomic E-state index is -0.247. The van der Waals surface area contributed by atoms with Crippen molar-refractivity contribution in [2.24, 2.45) is 7.05 Å². The lowest BCUT2D eigenvalue weighted by Crippen LogP contribution is -2.30. The third-order valence-electron chi connectivity index (χ3n) is 5.38. The molecule has 30 heavy (non-hydrogen) atoms. The van der Waals surface area contributed by atoms with Crippen molar-refractivity contribution < 1.29 is 4.79 Å². The van der Waals surface area contributed by atoms with Gasteiger partial charge in [-0.25, -0.2) is 19.9 Å². The van der Waals surface area contributed by atoms with Crippen LogP contribution in [0.15, 0.2) is 43.2 Å². The molecule has 1 aromatic carbocycles. The highest BCUT2D eigenvalue weighted by Gasteiger charge is 2.21. The van der Waals surface area contributed by atoms with E-state index in [1.54, 1.807) is 23.1 Å². The Labute approximate surface area is 174 Å². The monoisotopic (exact) mass is 401 g/mol. The number of pyridine rings is 1. The molecule has 8 nitrogen and oxygen atoms in total. The quantitative estimate of drug-likeness (QED) is 0.551. The smallest absolute Gasteiger partial charge is 0.252 e. The number of rotatable bonds is 5. The second-order valence-corrected chi connectivity index (χ2v) is 7.26. The second kappa shape index (κ2) is 7.98. The molecule has 1 atom stereocenters. The van der Waals surface area contributed by atoms with E-state index < -0.39 is 0 Å². The van der Waals surface area contributed by atoms with E-state index in [1.165, 1.54) is 12.7 Å². The van der Waals surface area contributed by atoms with Gasteiger partial charge in [0.25, 0.3) is 5.91 Å². The molecule has 1 amide bonds. The van der Waals surface area contributed by atoms with Crippen LogP contribution in [0.2, 0.25) is 0 Å². The molecule has 4 rings (SSSR count). The molecule has 0 aliphatic heterocycles. The normalized spacial score (nSPS) is 12.1. The summed E-state index contributed by atoms with van der Waals surface area (Å²) in [6.07, 6.45) is 7.05. The molecule has 0 aliphatic carbocycles. The van der Waals surface area contributed by atoms with E-state index in [1.807, 2.05) is 40.0 Å². The highest BCUT2D eigenvalue weighted by molar-refractivity contribution is 6.08. The van der Waals surface area contributed by atoms with Gasteiger partial charge in [0.05, 0.1) is 22.8 Å². The van der Waals surface area contributed by atoms with E-state index in [-0.39, 0.29) is 11.9 Å². The fourth-order valence-electron chi connectivity index (χ4n) is 3.50. The largest absolute Gasteiger partial charge is 0.342 e. The van der Waals surface area contributed by atoms with Crippen molar-refractivity contribution in [3.05, 3.63) is 65.8 Å². The minimum Gasteiger partial charge on any atom is -0.342 e. The summed E-state index contributed by atoms with van der Waals surface area (Å²) in [5.74, 6) is 0.534. The van der Waals surface area contributed by atoms with E-state index in [2.05, 4.69) is 25.4 Å². The lowest BCUT2D eigenvalue weighted by Gasteiger charge is -2.18. The molecule has 8 heteroatoms. The molecular weight excluding hydrogens is 378 g/mol. The van der Waals surface area contributed by atoms with E-state index >= 15 is 0 Å². The van der Waals surface area contributed by atoms with Crippen LogP contribution in [-0.4, -0.2) is 35.6 Å². The van der Waals surface area contributed by atoms with Crippen molar-refractivity contribution in [1.29, 1.82) is 0 Å². The predicted molar refractivity (Wildman–Crippen MR) is 114 cm³/mol. The van der Waals surface area contributed by atoms with Crippen LogP contribution >= 0.6 is 0 Å². The standard InChI is InChI=1S/C22H23N7O/c1-5-18(21-25-12-26-29(21)4)28-22(30)17-8-19(15-9-23-11-24-10-15)27-20-14(3)13(2)6-7-16(17)20/h6-12,18H,5H2,1-4H3,(H,28,30)/t18-/m1/s1. The average Bonchev–Trinajstić information content (AvgIpc) is 3.20. The van der Waals surface area contributed by atoms with Crippen molar-refractivity contribution >= 4 is 16.8 Å². The highest BCUT2D eigenvalue weighted by Crippen LogP contribution is 2.28. The number of nitrogens with one attached hydrogen (secondary N) is 1. The molecule has 0 fully saturated rings. The molecule has 152 valence electrons. The minimum absolute atomic E-state index is 0.182. The maximum absolute atomic E-state index is 13.4. The van der Waals surface area contributed by atoms with Crippen LogP contribution in [0.3, 0.4) is 0 Å². The van der Waals surface area contributed by atoms with Gasteiger partial charge in [-0.1, -0.05) is 19.1 Å². The zero-order chi connectivity index (χ0) is 21.3. The molecular formula is C22H23N7O. The molecule has 3 aromatic heterocycles. The molecule has 4 aromatic rings. The Hall–Kier alpha value is -3.68. The summed E-state index contributed by atoms with van der Waals surface area (Å²) >= 11 is 0. The molecule has 0 unspecified atom stereocenters. The van der Waals surface area contributed by atoms with Gasteiger partial charge in [0, 0.05) is 30.4 Å². The van der Waals surface area contributed by atoms with Gasteiger partial charge in [0.2, 0.25) is 0 Å². The summed E-state index contributed by atoms with van der Waals surface area (Å²) in [6, 6.07) is 5.52. The Morgan fingerprint density at radius 2 is 1.93 bits per heavy atom. The van der Waals surface area contributed by atoms with Crippen molar-refractivity contribution in [1.82, 2.24) is 35.0 Å². The summed E-state index contributed by atoms with van der Waals surface area (Å²) in [7, 11) is 1.82. The molecule has 0 bridgehead atoms. The number of fused-ring (bicyclic) bond motifs is 1. The zero-order valence-corrected chi connectivity index (χ0v) is 17.4. The van der Waals surface area contributed by atoms with E-state index in [4.69, 9.17) is 4.98 Å². The first-order valence-electron chi connectivity index (χ1n) is 9.80. The van der Waals surface area contributed by atoms with Crippen LogP contribution in [0, 0.1) is 13.8 Å². The molecule has 0 saturated carbocycles. The predicted octanol–water partition coefficient (Wildman–Crippen LogP) is 3.32. The van der Waals surface area contributed by atoms with Crippen LogP contribution in [0.5, 0.6) is 0 Å². The van der Waals surface area contributed by atoms with Gasteiger partial charge in [0.15, 0.2) is 0 Å². The van der Waals surface area contributed by atoms with Gasteiger partial charge in [-0.05, 0) is 37.5 Å². The summed E-state index contributed by atoms with van der Waals surface area (Å²) in [4.78, 5) is 30.7. The topological polar surface area (TPSA) is 98.5 Å². The number of nitrogens with zero attached hydrogens (tertiary/aromatic N) is 6. The average molecular weight is 401 g/mol. The number of hydrogen-bond acceptors (Lipinski definition) is 6. The number of aryl methyl sites for hydroxylation is 3. The molecule has 0 radical (unpaired) electrons. The highest BCUT2D eigenvalue weighted by atomic mass is 16.1. The van der Waals surface area contributed by atoms with Gasteiger partial charge < -0.3 is 5.32 Å². The van der Waals surface area contributed by atoms with Gasteiger partial charge in [-0.15, -0.1) is 0 Å². The Kier molecular flexibility index (Phi) is 5.22. The molecule has 1 N–H and O–H groups in total.